The Hall–Kier alpha value is -7.26. The number of carbonyl (C=O) groups is 4. The van der Waals surface area contributed by atoms with Crippen molar-refractivity contribution in [1.29, 1.82) is 0 Å². The Bertz CT molecular complexity index is 2890. The number of ether oxygens (including phenoxy) is 2. The maximum atomic E-state index is 14.6. The summed E-state index contributed by atoms with van der Waals surface area (Å²) in [5.41, 5.74) is 9.97. The molecule has 16 nitrogen and oxygen atoms in total. The summed E-state index contributed by atoms with van der Waals surface area (Å²) in [7, 11) is 0. The second-order valence-electron chi connectivity index (χ2n) is 14.6. The quantitative estimate of drug-likeness (QED) is 0.0993. The van der Waals surface area contributed by atoms with Crippen molar-refractivity contribution in [3.8, 4) is 0 Å². The van der Waals surface area contributed by atoms with Crippen LogP contribution in [0.15, 0.2) is 113 Å². The van der Waals surface area contributed by atoms with Crippen LogP contribution in [0.4, 0.5) is 38.5 Å². The van der Waals surface area contributed by atoms with E-state index < -0.39 is 47.5 Å². The van der Waals surface area contributed by atoms with Crippen LogP contribution in [0.25, 0.3) is 0 Å². The van der Waals surface area contributed by atoms with Gasteiger partial charge in [0.15, 0.2) is 0 Å². The van der Waals surface area contributed by atoms with E-state index in [-0.39, 0.29) is 58.7 Å². The number of halogens is 7. The molecule has 23 heteroatoms. The fourth-order valence-electron chi connectivity index (χ4n) is 7.10. The molecule has 0 saturated heterocycles. The number of alkyl carbamates (subject to hydrolysis) is 1. The van der Waals surface area contributed by atoms with Crippen LogP contribution in [0.3, 0.4) is 0 Å². The topological polar surface area (TPSA) is 219 Å². The summed E-state index contributed by atoms with van der Waals surface area (Å²) < 4.78 is 75.3. The first-order valence-electron chi connectivity index (χ1n) is 20.0. The lowest BCUT2D eigenvalue weighted by Crippen LogP contribution is -2.28. The third kappa shape index (κ3) is 12.4. The van der Waals surface area contributed by atoms with E-state index in [0.717, 1.165) is 6.07 Å². The summed E-state index contributed by atoms with van der Waals surface area (Å²) in [5, 5.41) is 14.9. The number of nitrogens with two attached hydrogens (primary N) is 1. The first-order chi connectivity index (χ1) is 32.2. The van der Waals surface area contributed by atoms with Crippen LogP contribution in [0.2, 0.25) is 10.0 Å². The lowest BCUT2D eigenvalue weighted by molar-refractivity contribution is 0.101. The molecule has 68 heavy (non-hydrogen) atoms. The van der Waals surface area contributed by atoms with Crippen molar-refractivity contribution in [3.63, 3.8) is 0 Å². The molecule has 0 spiro atoms. The van der Waals surface area contributed by atoms with Crippen LogP contribution in [0.5, 0.6) is 0 Å². The van der Waals surface area contributed by atoms with E-state index in [9.17, 15) is 36.7 Å². The molecular formula is C45H37Cl3F4N8O8. The molecule has 5 N–H and O–H groups in total. The molecule has 3 amide bonds. The van der Waals surface area contributed by atoms with E-state index in [4.69, 9.17) is 38.4 Å². The lowest BCUT2D eigenvalue weighted by atomic mass is 10.0. The average molecular weight is 1000 g/mol. The van der Waals surface area contributed by atoms with E-state index in [0.29, 0.717) is 70.7 Å². The van der Waals surface area contributed by atoms with Crippen LogP contribution in [-0.4, -0.2) is 43.9 Å². The number of rotatable bonds is 9. The predicted molar refractivity (Wildman–Crippen MR) is 239 cm³/mol. The number of imidazole rings is 1. The zero-order valence-corrected chi connectivity index (χ0v) is 37.3. The van der Waals surface area contributed by atoms with Crippen LogP contribution in [0, 0.1) is 23.3 Å². The van der Waals surface area contributed by atoms with Crippen LogP contribution >= 0.6 is 35.6 Å². The number of anilines is 2. The SMILES string of the molecule is Cl.N[C@H]1CCc2c(C(=O)Nc3ccc(F)c(Cl)c3)ccc(F)c21.O=C(N[C@H]1CCc2c(C(=O)Nc3ccc(F)c(Cl)c3)ccc(F)c21)OCc1ccon1.O=C(OCc1ccon1)n1ccnc1. The number of nitrogens with zero attached hydrogens (tertiary/aromatic N) is 4. The Morgan fingerprint density at radius 3 is 1.74 bits per heavy atom. The molecule has 0 unspecified atom stereocenters. The predicted octanol–water partition coefficient (Wildman–Crippen LogP) is 10.1. The van der Waals surface area contributed by atoms with E-state index in [2.05, 4.69) is 40.3 Å². The number of amides is 3. The molecule has 4 aromatic carbocycles. The van der Waals surface area contributed by atoms with Crippen molar-refractivity contribution < 1.29 is 55.3 Å². The molecule has 3 heterocycles. The molecule has 2 aliphatic rings. The van der Waals surface area contributed by atoms with E-state index in [1.165, 1.54) is 90.4 Å². The number of hydrogen-bond acceptors (Lipinski definition) is 12. The third-order valence-corrected chi connectivity index (χ3v) is 10.8. The standard InChI is InChI=1S/C21H16ClF2N3O4.C16H13ClF2N2O.C8H7N3O3.ClH/c22-15-9-11(1-4-16(15)23)25-20(28)14-2-5-17(24)19-13(14)3-6-18(19)26-21(29)30-10-12-7-8-31-27-12;17-11-7-8(1-4-12(11)18)21-16(22)10-2-5-13(19)15-9(10)3-6-14(15)20;12-8(11-3-2-9-6-11)13-5-7-1-4-14-10-7;/h1-2,4-5,7-9,18H,3,6,10H2,(H,25,28)(H,26,29);1-2,4-5,7,14H,3,6,20H2,(H,21,22);1-4,6H,5H2;1H/t18-;14-;;/m00../s1. The van der Waals surface area contributed by atoms with Gasteiger partial charge >= 0.3 is 12.2 Å². The Morgan fingerprint density at radius 1 is 0.706 bits per heavy atom. The van der Waals surface area contributed by atoms with Crippen LogP contribution in [0.1, 0.15) is 79.3 Å². The van der Waals surface area contributed by atoms with Gasteiger partial charge in [-0.2, -0.15) is 0 Å². The maximum absolute atomic E-state index is 14.6. The minimum atomic E-state index is -0.740. The van der Waals surface area contributed by atoms with Gasteiger partial charge in [0.25, 0.3) is 11.8 Å². The minimum Gasteiger partial charge on any atom is -0.443 e. The molecule has 7 aromatic rings. The van der Waals surface area contributed by atoms with Crippen molar-refractivity contribution in [2.75, 3.05) is 10.6 Å². The van der Waals surface area contributed by atoms with Crippen LogP contribution < -0.4 is 21.7 Å². The van der Waals surface area contributed by atoms with Gasteiger partial charge in [-0.25, -0.2) is 36.7 Å². The largest absolute Gasteiger partial charge is 0.443 e. The fraction of sp³-hybridized carbons (Fsp3) is 0.178. The Morgan fingerprint density at radius 2 is 1.22 bits per heavy atom. The van der Waals surface area contributed by atoms with Gasteiger partial charge in [0.2, 0.25) is 0 Å². The molecule has 0 aliphatic heterocycles. The number of carbonyl (C=O) groups excluding carboxylic acids is 4. The second kappa shape index (κ2) is 23.0. The summed E-state index contributed by atoms with van der Waals surface area (Å²) >= 11 is 11.4. The number of aromatic nitrogens is 4. The van der Waals surface area contributed by atoms with E-state index in [1.54, 1.807) is 12.1 Å². The highest BCUT2D eigenvalue weighted by atomic mass is 35.5. The lowest BCUT2D eigenvalue weighted by Gasteiger charge is -2.16. The van der Waals surface area contributed by atoms with Crippen molar-refractivity contribution in [1.82, 2.24) is 25.2 Å². The summed E-state index contributed by atoms with van der Waals surface area (Å²) in [5.74, 6) is -2.97. The van der Waals surface area contributed by atoms with E-state index in [1.807, 2.05) is 0 Å². The van der Waals surface area contributed by atoms with Crippen LogP contribution in [-0.2, 0) is 35.5 Å². The molecule has 0 fully saturated rings. The molecule has 3 aromatic heterocycles. The Kier molecular flexibility index (Phi) is 16.9. The van der Waals surface area contributed by atoms with Gasteiger partial charge in [0.1, 0.15) is 66.7 Å². The normalized spacial score (nSPS) is 14.1. The smallest absolute Gasteiger partial charge is 0.419 e. The summed E-state index contributed by atoms with van der Waals surface area (Å²) in [6.45, 7) is 0.000576. The highest BCUT2D eigenvalue weighted by Gasteiger charge is 2.32. The monoisotopic (exact) mass is 998 g/mol. The molecule has 9 rings (SSSR count). The van der Waals surface area contributed by atoms with Gasteiger partial charge < -0.3 is 40.2 Å². The fourth-order valence-corrected chi connectivity index (χ4v) is 7.47. The number of fused-ring (bicyclic) bond motifs is 2. The van der Waals surface area contributed by atoms with Gasteiger partial charge in [-0.3, -0.25) is 9.59 Å². The number of benzene rings is 4. The molecular weight excluding hydrogens is 963 g/mol. The van der Waals surface area contributed by atoms with Gasteiger partial charge in [-0.1, -0.05) is 33.5 Å². The summed E-state index contributed by atoms with van der Waals surface area (Å²) in [6, 6.07) is 15.1. The van der Waals surface area contributed by atoms with Crippen molar-refractivity contribution in [2.45, 2.75) is 51.0 Å². The number of nitrogens with one attached hydrogen (secondary N) is 3. The van der Waals surface area contributed by atoms with Crippen molar-refractivity contribution in [3.05, 3.63) is 182 Å². The van der Waals surface area contributed by atoms with E-state index >= 15 is 0 Å². The van der Waals surface area contributed by atoms with Gasteiger partial charge in [0.05, 0.1) is 16.1 Å². The zero-order valence-electron chi connectivity index (χ0n) is 35.0. The van der Waals surface area contributed by atoms with Crippen molar-refractivity contribution in [2.24, 2.45) is 5.73 Å². The first kappa shape index (κ1) is 50.2. The third-order valence-electron chi connectivity index (χ3n) is 10.2. The Balaban J connectivity index is 0.000000179. The minimum absolute atomic E-state index is 0. The molecule has 354 valence electrons. The maximum Gasteiger partial charge on any atom is 0.419 e. The van der Waals surface area contributed by atoms with Gasteiger partial charge in [-0.15, -0.1) is 12.4 Å². The first-order valence-corrected chi connectivity index (χ1v) is 20.8. The molecule has 0 saturated carbocycles. The van der Waals surface area contributed by atoms with Gasteiger partial charge in [-0.05, 0) is 97.5 Å². The average Bonchev–Trinajstić information content (AvgIpc) is 4.18. The Labute approximate surface area is 399 Å². The summed E-state index contributed by atoms with van der Waals surface area (Å²) in [6.07, 6.45) is 7.85. The molecule has 0 bridgehead atoms. The molecule has 2 aliphatic carbocycles. The highest BCUT2D eigenvalue weighted by molar-refractivity contribution is 6.31. The highest BCUT2D eigenvalue weighted by Crippen LogP contribution is 2.37. The van der Waals surface area contributed by atoms with Gasteiger partial charge in [0, 0.05) is 64.2 Å². The summed E-state index contributed by atoms with van der Waals surface area (Å²) in [4.78, 5) is 52.2. The second-order valence-corrected chi connectivity index (χ2v) is 15.4. The van der Waals surface area contributed by atoms with Crippen molar-refractivity contribution >= 4 is 71.0 Å². The zero-order chi connectivity index (χ0) is 47.6. The number of hydrogen-bond donors (Lipinski definition) is 4. The molecule has 0 radical (unpaired) electrons. The molecule has 2 atom stereocenters.